The van der Waals surface area contributed by atoms with Crippen molar-refractivity contribution in [1.82, 2.24) is 0 Å². The molecule has 2 heterocycles. The molecule has 0 aliphatic rings. The summed E-state index contributed by atoms with van der Waals surface area (Å²) >= 11 is 3.48. The molecule has 0 atom stereocenters. The highest BCUT2D eigenvalue weighted by molar-refractivity contribution is 7.13. The van der Waals surface area contributed by atoms with Gasteiger partial charge in [-0.3, -0.25) is 0 Å². The molecule has 0 saturated heterocycles. The normalized spacial score (nSPS) is 12.0. The number of aliphatic imine (C=N–C) groups is 2. The molecule has 2 aromatic heterocycles. The van der Waals surface area contributed by atoms with Gasteiger partial charge in [-0.2, -0.15) is 0 Å². The molecule has 0 amide bonds. The third-order valence-corrected chi connectivity index (χ3v) is 7.98. The highest BCUT2D eigenvalue weighted by atomic mass is 32.1. The van der Waals surface area contributed by atoms with Crippen LogP contribution in [-0.4, -0.2) is 11.4 Å². The zero-order valence-corrected chi connectivity index (χ0v) is 22.2. The number of benzene rings is 4. The van der Waals surface area contributed by atoms with Crippen molar-refractivity contribution in [2.75, 3.05) is 0 Å². The van der Waals surface area contributed by atoms with Crippen molar-refractivity contribution in [1.29, 1.82) is 0 Å². The van der Waals surface area contributed by atoms with Crippen LogP contribution in [0.25, 0.3) is 20.9 Å². The molecule has 0 N–H and O–H groups in total. The van der Waals surface area contributed by atoms with Gasteiger partial charge < -0.3 is 0 Å². The maximum atomic E-state index is 5.17. The Balaban J connectivity index is 1.46. The Kier molecular flexibility index (Phi) is 7.16. The van der Waals surface area contributed by atoms with Crippen LogP contribution in [0.15, 0.2) is 154 Å². The highest BCUT2D eigenvalue weighted by Gasteiger charge is 2.15. The van der Waals surface area contributed by atoms with Gasteiger partial charge in [-0.1, -0.05) is 97.1 Å². The lowest BCUT2D eigenvalue weighted by atomic mass is 9.99. The Morgan fingerprint density at radius 1 is 0.395 bits per heavy atom. The Morgan fingerprint density at radius 3 is 1.13 bits per heavy atom. The van der Waals surface area contributed by atoms with Gasteiger partial charge >= 0.3 is 0 Å². The van der Waals surface area contributed by atoms with E-state index in [1.54, 1.807) is 22.7 Å². The summed E-state index contributed by atoms with van der Waals surface area (Å²) in [6, 6.07) is 45.9. The first-order valence-electron chi connectivity index (χ1n) is 12.4. The molecule has 182 valence electrons. The largest absolute Gasteiger partial charge is 0.246 e. The molecule has 0 spiro atoms. The Bertz CT molecular complexity index is 1520. The average Bonchev–Trinajstić information content (AvgIpc) is 3.72. The first-order valence-corrected chi connectivity index (χ1v) is 14.2. The van der Waals surface area contributed by atoms with Gasteiger partial charge in [0.25, 0.3) is 0 Å². The maximum absolute atomic E-state index is 5.17. The lowest BCUT2D eigenvalue weighted by molar-refractivity contribution is 1.47. The first kappa shape index (κ1) is 24.0. The third-order valence-electron chi connectivity index (χ3n) is 6.15. The number of rotatable bonds is 7. The van der Waals surface area contributed by atoms with Crippen LogP contribution in [0.2, 0.25) is 0 Å². The van der Waals surface area contributed by atoms with Crippen LogP contribution in [0.4, 0.5) is 11.4 Å². The topological polar surface area (TPSA) is 24.7 Å². The van der Waals surface area contributed by atoms with Crippen LogP contribution in [0.3, 0.4) is 0 Å². The van der Waals surface area contributed by atoms with Crippen molar-refractivity contribution in [3.63, 3.8) is 0 Å². The van der Waals surface area contributed by atoms with Crippen molar-refractivity contribution in [3.05, 3.63) is 155 Å². The number of nitrogens with zero attached hydrogens (tertiary/aromatic N) is 2. The second-order valence-electron chi connectivity index (χ2n) is 8.70. The van der Waals surface area contributed by atoms with Crippen molar-refractivity contribution >= 4 is 45.5 Å². The molecule has 4 heteroatoms. The second kappa shape index (κ2) is 11.3. The van der Waals surface area contributed by atoms with Gasteiger partial charge in [0.05, 0.1) is 22.8 Å². The van der Waals surface area contributed by atoms with Gasteiger partial charge in [0.2, 0.25) is 0 Å². The summed E-state index contributed by atoms with van der Waals surface area (Å²) in [5.74, 6) is 0. The van der Waals surface area contributed by atoms with Crippen LogP contribution in [0, 0.1) is 0 Å². The van der Waals surface area contributed by atoms with Gasteiger partial charge in [-0.05, 0) is 58.3 Å². The van der Waals surface area contributed by atoms with Gasteiger partial charge in [-0.25, -0.2) is 9.98 Å². The molecule has 0 aliphatic carbocycles. The number of thiophene rings is 2. The van der Waals surface area contributed by atoms with E-state index in [1.165, 1.54) is 20.9 Å². The summed E-state index contributed by atoms with van der Waals surface area (Å²) in [5, 5.41) is 4.20. The smallest absolute Gasteiger partial charge is 0.0972 e. The maximum Gasteiger partial charge on any atom is 0.0972 e. The minimum absolute atomic E-state index is 0.836. The summed E-state index contributed by atoms with van der Waals surface area (Å²) in [6.45, 7) is 0. The van der Waals surface area contributed by atoms with E-state index in [0.29, 0.717) is 0 Å². The molecule has 38 heavy (non-hydrogen) atoms. The van der Waals surface area contributed by atoms with Crippen molar-refractivity contribution in [2.45, 2.75) is 0 Å². The standard InChI is InChI=1S/C34H24N2S2/c1-3-9-27(10-4-1)33(35-29-19-15-25(16-20-29)31-13-7-23-37-31)34(28-11-5-2-6-12-28)36-30-21-17-26(18-22-30)32-14-8-24-38-32/h1-24H. The zero-order chi connectivity index (χ0) is 25.6. The van der Waals surface area contributed by atoms with Crippen LogP contribution < -0.4 is 0 Å². The van der Waals surface area contributed by atoms with Crippen molar-refractivity contribution in [3.8, 4) is 20.9 Å². The van der Waals surface area contributed by atoms with E-state index in [1.807, 2.05) is 36.4 Å². The fourth-order valence-electron chi connectivity index (χ4n) is 4.24. The predicted molar refractivity (Wildman–Crippen MR) is 165 cm³/mol. The fourth-order valence-corrected chi connectivity index (χ4v) is 5.71. The van der Waals surface area contributed by atoms with Crippen LogP contribution in [0.5, 0.6) is 0 Å². The second-order valence-corrected chi connectivity index (χ2v) is 10.6. The molecule has 0 bridgehead atoms. The molecular formula is C34H24N2S2. The summed E-state index contributed by atoms with van der Waals surface area (Å²) in [5.41, 5.74) is 7.89. The van der Waals surface area contributed by atoms with Gasteiger partial charge in [0.1, 0.15) is 0 Å². The molecule has 0 saturated carbocycles. The molecular weight excluding hydrogens is 501 g/mol. The predicted octanol–water partition coefficient (Wildman–Crippen LogP) is 10.1. The van der Waals surface area contributed by atoms with E-state index in [-0.39, 0.29) is 0 Å². The SMILES string of the molecule is c1ccc(C(=Nc2ccc(-c3cccs3)cc2)C(=Nc2ccc(-c3cccs3)cc2)c2ccccc2)cc1. The van der Waals surface area contributed by atoms with E-state index < -0.39 is 0 Å². The molecule has 6 rings (SSSR count). The zero-order valence-electron chi connectivity index (χ0n) is 20.6. The van der Waals surface area contributed by atoms with E-state index in [4.69, 9.17) is 9.98 Å². The number of hydrogen-bond acceptors (Lipinski definition) is 4. The first-order chi connectivity index (χ1) is 18.8. The lowest BCUT2D eigenvalue weighted by Gasteiger charge is -2.12. The molecule has 0 aliphatic heterocycles. The Hall–Kier alpha value is -4.38. The molecule has 0 fully saturated rings. The summed E-state index contributed by atoms with van der Waals surface area (Å²) in [6.07, 6.45) is 0. The van der Waals surface area contributed by atoms with Crippen molar-refractivity contribution < 1.29 is 0 Å². The van der Waals surface area contributed by atoms with E-state index in [9.17, 15) is 0 Å². The van der Waals surface area contributed by atoms with Crippen LogP contribution in [0.1, 0.15) is 11.1 Å². The molecule has 4 aromatic carbocycles. The van der Waals surface area contributed by atoms with E-state index in [0.717, 1.165) is 33.9 Å². The van der Waals surface area contributed by atoms with Gasteiger partial charge in [0, 0.05) is 20.9 Å². The minimum atomic E-state index is 0.836. The Morgan fingerprint density at radius 2 is 0.789 bits per heavy atom. The Labute approximate surface area is 231 Å². The lowest BCUT2D eigenvalue weighted by Crippen LogP contribution is -2.17. The monoisotopic (exact) mass is 524 g/mol. The number of hydrogen-bond donors (Lipinski definition) is 0. The quantitative estimate of drug-likeness (QED) is 0.186. The summed E-state index contributed by atoms with van der Waals surface area (Å²) in [7, 11) is 0. The third kappa shape index (κ3) is 5.47. The summed E-state index contributed by atoms with van der Waals surface area (Å²) in [4.78, 5) is 12.8. The highest BCUT2D eigenvalue weighted by Crippen LogP contribution is 2.29. The average molecular weight is 525 g/mol. The van der Waals surface area contributed by atoms with E-state index >= 15 is 0 Å². The van der Waals surface area contributed by atoms with E-state index in [2.05, 4.69) is 108 Å². The molecule has 0 unspecified atom stereocenters. The van der Waals surface area contributed by atoms with Gasteiger partial charge in [0.15, 0.2) is 0 Å². The molecule has 0 radical (unpaired) electrons. The van der Waals surface area contributed by atoms with Crippen LogP contribution in [-0.2, 0) is 0 Å². The van der Waals surface area contributed by atoms with Crippen LogP contribution >= 0.6 is 22.7 Å². The fraction of sp³-hybridized carbons (Fsp3) is 0. The molecule has 6 aromatic rings. The molecule has 2 nitrogen and oxygen atoms in total. The van der Waals surface area contributed by atoms with Gasteiger partial charge in [-0.15, -0.1) is 22.7 Å². The summed E-state index contributed by atoms with van der Waals surface area (Å²) < 4.78 is 0. The minimum Gasteiger partial charge on any atom is -0.246 e. The van der Waals surface area contributed by atoms with Crippen molar-refractivity contribution in [2.24, 2.45) is 9.98 Å².